The average Bonchev–Trinajstić information content (AvgIpc) is 2.49. The number of anilines is 1. The summed E-state index contributed by atoms with van der Waals surface area (Å²) in [5.74, 6) is 0. The molecule has 2 aromatic carbocycles. The molecule has 0 radical (unpaired) electrons. The summed E-state index contributed by atoms with van der Waals surface area (Å²) in [7, 11) is 0. The van der Waals surface area contributed by atoms with E-state index in [9.17, 15) is 0 Å². The highest BCUT2D eigenvalue weighted by Crippen LogP contribution is 2.34. The van der Waals surface area contributed by atoms with Crippen molar-refractivity contribution in [2.24, 2.45) is 5.73 Å². The van der Waals surface area contributed by atoms with Crippen molar-refractivity contribution >= 4 is 38.8 Å². The molecule has 1 aliphatic carbocycles. The van der Waals surface area contributed by atoms with Crippen LogP contribution in [0.1, 0.15) is 35.6 Å². The van der Waals surface area contributed by atoms with Crippen LogP contribution in [0.15, 0.2) is 46.9 Å². The van der Waals surface area contributed by atoms with E-state index in [1.807, 2.05) is 18.2 Å². The molecule has 2 nitrogen and oxygen atoms in total. The van der Waals surface area contributed by atoms with Crippen molar-refractivity contribution in [1.29, 1.82) is 0 Å². The fourth-order valence-corrected chi connectivity index (χ4v) is 3.50. The molecule has 1 unspecified atom stereocenters. The first-order chi connectivity index (χ1) is 10.1. The normalized spacial score (nSPS) is 17.1. The highest BCUT2D eigenvalue weighted by atomic mass is 79.9. The number of thiocarbonyl (C=S) groups is 1. The minimum absolute atomic E-state index is 0.363. The molecule has 0 bridgehead atoms. The number of halogens is 1. The lowest BCUT2D eigenvalue weighted by atomic mass is 9.87. The van der Waals surface area contributed by atoms with Gasteiger partial charge < -0.3 is 11.1 Å². The minimum atomic E-state index is 0.363. The van der Waals surface area contributed by atoms with Gasteiger partial charge in [0, 0.05) is 15.7 Å². The van der Waals surface area contributed by atoms with Gasteiger partial charge >= 0.3 is 0 Å². The van der Waals surface area contributed by atoms with E-state index in [0.29, 0.717) is 11.0 Å². The third-order valence-electron chi connectivity index (χ3n) is 3.95. The molecule has 0 spiro atoms. The molecule has 108 valence electrons. The van der Waals surface area contributed by atoms with Gasteiger partial charge in [0.15, 0.2) is 0 Å². The number of hydrogen-bond acceptors (Lipinski definition) is 2. The van der Waals surface area contributed by atoms with Crippen molar-refractivity contribution in [3.05, 3.63) is 63.6 Å². The van der Waals surface area contributed by atoms with Crippen LogP contribution in [0.5, 0.6) is 0 Å². The Morgan fingerprint density at radius 1 is 1.24 bits per heavy atom. The third-order valence-corrected chi connectivity index (χ3v) is 4.84. The summed E-state index contributed by atoms with van der Waals surface area (Å²) >= 11 is 8.62. The van der Waals surface area contributed by atoms with Gasteiger partial charge in [-0.1, -0.05) is 36.5 Å². The summed E-state index contributed by atoms with van der Waals surface area (Å²) in [5.41, 5.74) is 10.5. The Kier molecular flexibility index (Phi) is 4.27. The molecule has 1 aliphatic rings. The first kappa shape index (κ1) is 14.5. The predicted molar refractivity (Wildman–Crippen MR) is 95.8 cm³/mol. The SMILES string of the molecule is NC(=S)c1ccc(NC2CCCc3ccccc32)c(Br)c1. The number of rotatable bonds is 3. The highest BCUT2D eigenvalue weighted by Gasteiger charge is 2.20. The van der Waals surface area contributed by atoms with E-state index in [2.05, 4.69) is 45.5 Å². The summed E-state index contributed by atoms with van der Waals surface area (Å²) in [4.78, 5) is 0.422. The Labute approximate surface area is 138 Å². The second kappa shape index (κ2) is 6.16. The predicted octanol–water partition coefficient (Wildman–Crippen LogP) is 4.57. The number of benzene rings is 2. The molecule has 0 heterocycles. The largest absolute Gasteiger partial charge is 0.389 e. The van der Waals surface area contributed by atoms with Gasteiger partial charge in [0.25, 0.3) is 0 Å². The number of aryl methyl sites for hydroxylation is 1. The molecule has 0 aliphatic heterocycles. The Morgan fingerprint density at radius 2 is 2.05 bits per heavy atom. The van der Waals surface area contributed by atoms with Crippen LogP contribution in [0.2, 0.25) is 0 Å². The lowest BCUT2D eigenvalue weighted by Gasteiger charge is -2.27. The molecule has 0 aromatic heterocycles. The molecule has 0 saturated heterocycles. The molecule has 0 fully saturated rings. The van der Waals surface area contributed by atoms with Gasteiger partial charge in [0.2, 0.25) is 0 Å². The van der Waals surface area contributed by atoms with Crippen LogP contribution in [-0.4, -0.2) is 4.99 Å². The molecule has 3 rings (SSSR count). The second-order valence-corrected chi connectivity index (χ2v) is 6.64. The third kappa shape index (κ3) is 3.11. The molecule has 0 amide bonds. The Balaban J connectivity index is 1.86. The molecule has 2 aromatic rings. The molecule has 4 heteroatoms. The van der Waals surface area contributed by atoms with E-state index in [-0.39, 0.29) is 0 Å². The Morgan fingerprint density at radius 3 is 2.81 bits per heavy atom. The van der Waals surface area contributed by atoms with Crippen LogP contribution < -0.4 is 11.1 Å². The van der Waals surface area contributed by atoms with Crippen molar-refractivity contribution in [2.45, 2.75) is 25.3 Å². The monoisotopic (exact) mass is 360 g/mol. The number of nitrogens with one attached hydrogen (secondary N) is 1. The maximum absolute atomic E-state index is 5.67. The van der Waals surface area contributed by atoms with E-state index in [4.69, 9.17) is 18.0 Å². The highest BCUT2D eigenvalue weighted by molar-refractivity contribution is 9.10. The van der Waals surface area contributed by atoms with E-state index < -0.39 is 0 Å². The number of nitrogens with two attached hydrogens (primary N) is 1. The van der Waals surface area contributed by atoms with E-state index in [1.54, 1.807) is 0 Å². The topological polar surface area (TPSA) is 38.0 Å². The van der Waals surface area contributed by atoms with Gasteiger partial charge in [-0.15, -0.1) is 0 Å². The molecular formula is C17H17BrN2S. The van der Waals surface area contributed by atoms with Gasteiger partial charge in [-0.05, 0) is 64.5 Å². The summed E-state index contributed by atoms with van der Waals surface area (Å²) in [6.07, 6.45) is 3.55. The second-order valence-electron chi connectivity index (χ2n) is 5.35. The van der Waals surface area contributed by atoms with Crippen molar-refractivity contribution in [3.8, 4) is 0 Å². The zero-order chi connectivity index (χ0) is 14.8. The molecule has 21 heavy (non-hydrogen) atoms. The maximum atomic E-state index is 5.67. The average molecular weight is 361 g/mol. The fraction of sp³-hybridized carbons (Fsp3) is 0.235. The Bertz CT molecular complexity index is 684. The van der Waals surface area contributed by atoms with Crippen LogP contribution in [0, 0.1) is 0 Å². The molecule has 0 saturated carbocycles. The lowest BCUT2D eigenvalue weighted by Crippen LogP contribution is -2.17. The van der Waals surface area contributed by atoms with Crippen LogP contribution in [0.4, 0.5) is 5.69 Å². The van der Waals surface area contributed by atoms with Crippen LogP contribution in [0.3, 0.4) is 0 Å². The smallest absolute Gasteiger partial charge is 0.104 e. The first-order valence-electron chi connectivity index (χ1n) is 7.09. The Hall–Kier alpha value is -1.39. The van der Waals surface area contributed by atoms with Crippen LogP contribution >= 0.6 is 28.1 Å². The van der Waals surface area contributed by atoms with E-state index in [0.717, 1.165) is 22.1 Å². The quantitative estimate of drug-likeness (QED) is 0.787. The lowest BCUT2D eigenvalue weighted by molar-refractivity contribution is 0.600. The zero-order valence-corrected chi connectivity index (χ0v) is 14.0. The summed E-state index contributed by atoms with van der Waals surface area (Å²) < 4.78 is 0.996. The molecular weight excluding hydrogens is 344 g/mol. The zero-order valence-electron chi connectivity index (χ0n) is 11.6. The van der Waals surface area contributed by atoms with Gasteiger partial charge in [0.05, 0.1) is 6.04 Å². The van der Waals surface area contributed by atoms with Crippen molar-refractivity contribution in [1.82, 2.24) is 0 Å². The molecule has 1 atom stereocenters. The summed E-state index contributed by atoms with van der Waals surface area (Å²) in [5, 5.41) is 3.64. The minimum Gasteiger partial charge on any atom is -0.389 e. The maximum Gasteiger partial charge on any atom is 0.104 e. The van der Waals surface area contributed by atoms with Gasteiger partial charge in [-0.3, -0.25) is 0 Å². The summed E-state index contributed by atoms with van der Waals surface area (Å²) in [6.45, 7) is 0. The van der Waals surface area contributed by atoms with Crippen LogP contribution in [-0.2, 0) is 6.42 Å². The van der Waals surface area contributed by atoms with Crippen molar-refractivity contribution in [3.63, 3.8) is 0 Å². The van der Waals surface area contributed by atoms with Crippen LogP contribution in [0.25, 0.3) is 0 Å². The van der Waals surface area contributed by atoms with Crippen molar-refractivity contribution < 1.29 is 0 Å². The van der Waals surface area contributed by atoms with Gasteiger partial charge in [-0.25, -0.2) is 0 Å². The van der Waals surface area contributed by atoms with Gasteiger partial charge in [-0.2, -0.15) is 0 Å². The standard InChI is InChI=1S/C17H17BrN2S/c18-14-10-12(17(19)21)8-9-16(14)20-15-7-3-5-11-4-1-2-6-13(11)15/h1-2,4,6,8-10,15,20H,3,5,7H2,(H2,19,21). The van der Waals surface area contributed by atoms with E-state index in [1.165, 1.54) is 24.0 Å². The van der Waals surface area contributed by atoms with Crippen molar-refractivity contribution in [2.75, 3.05) is 5.32 Å². The number of hydrogen-bond donors (Lipinski definition) is 2. The molecule has 3 N–H and O–H groups in total. The van der Waals surface area contributed by atoms with E-state index >= 15 is 0 Å². The number of fused-ring (bicyclic) bond motifs is 1. The van der Waals surface area contributed by atoms with Gasteiger partial charge in [0.1, 0.15) is 4.99 Å². The fourth-order valence-electron chi connectivity index (χ4n) is 2.88. The first-order valence-corrected chi connectivity index (χ1v) is 8.29. The summed E-state index contributed by atoms with van der Waals surface area (Å²) in [6, 6.07) is 15.0.